The Hall–Kier alpha value is -2.50. The molecular weight excluding hydrogens is 224 g/mol. The molecule has 0 amide bonds. The second-order valence-corrected chi connectivity index (χ2v) is 3.31. The fourth-order valence-corrected chi connectivity index (χ4v) is 1.54. The van der Waals surface area contributed by atoms with Crippen LogP contribution in [0.3, 0.4) is 0 Å². The highest BCUT2D eigenvalue weighted by Gasteiger charge is 2.14. The Morgan fingerprint density at radius 3 is 2.82 bits per heavy atom. The molecule has 0 fully saturated rings. The number of hydrogen-bond acceptors (Lipinski definition) is 5. The number of non-ortho nitro benzene ring substituents is 1. The molecule has 0 atom stereocenters. The maximum Gasteiger partial charge on any atom is 0.357 e. The zero-order valence-corrected chi connectivity index (χ0v) is 8.91. The fraction of sp³-hybridized carbons (Fsp3) is 0.0909. The fourth-order valence-electron chi connectivity index (χ4n) is 1.54. The number of fused-ring (bicyclic) bond motifs is 1. The Morgan fingerprint density at radius 1 is 1.41 bits per heavy atom. The van der Waals surface area contributed by atoms with E-state index in [-0.39, 0.29) is 11.4 Å². The van der Waals surface area contributed by atoms with Gasteiger partial charge in [-0.15, -0.1) is 0 Å². The van der Waals surface area contributed by atoms with E-state index in [9.17, 15) is 14.9 Å². The molecule has 0 aliphatic rings. The molecule has 0 aliphatic carbocycles. The first-order chi connectivity index (χ1) is 8.13. The molecule has 0 unspecified atom stereocenters. The number of hydrogen-bond donors (Lipinski definition) is 0. The van der Waals surface area contributed by atoms with Gasteiger partial charge in [-0.1, -0.05) is 0 Å². The van der Waals surface area contributed by atoms with Gasteiger partial charge in [0.05, 0.1) is 12.0 Å². The smallest absolute Gasteiger partial charge is 0.357 e. The third-order valence-electron chi connectivity index (χ3n) is 2.34. The standard InChI is InChI=1S/C11H8N2O4/c1-17-11(14)10-9-3-2-8(13(15)16)6-7(9)4-5-12-10/h2-6H,1H3. The van der Waals surface area contributed by atoms with Crippen molar-refractivity contribution in [2.45, 2.75) is 0 Å². The van der Waals surface area contributed by atoms with Crippen LogP contribution in [0.5, 0.6) is 0 Å². The minimum atomic E-state index is -0.565. The summed E-state index contributed by atoms with van der Waals surface area (Å²) in [5.74, 6) is -0.565. The number of nitro groups is 1. The van der Waals surface area contributed by atoms with Crippen LogP contribution in [0.1, 0.15) is 10.5 Å². The summed E-state index contributed by atoms with van der Waals surface area (Å²) in [5.41, 5.74) is 0.124. The molecule has 0 aliphatic heterocycles. The minimum absolute atomic E-state index is 0.0282. The van der Waals surface area contributed by atoms with Gasteiger partial charge in [-0.25, -0.2) is 9.78 Å². The zero-order valence-electron chi connectivity index (χ0n) is 8.91. The first-order valence-corrected chi connectivity index (χ1v) is 4.75. The number of esters is 1. The van der Waals surface area contributed by atoms with E-state index in [1.165, 1.54) is 31.5 Å². The molecule has 0 saturated carbocycles. The van der Waals surface area contributed by atoms with Gasteiger partial charge in [0.25, 0.3) is 5.69 Å². The molecule has 0 radical (unpaired) electrons. The summed E-state index contributed by atoms with van der Waals surface area (Å²) in [6, 6.07) is 5.82. The van der Waals surface area contributed by atoms with Crippen LogP contribution in [0, 0.1) is 10.1 Å². The number of ether oxygens (including phenoxy) is 1. The van der Waals surface area contributed by atoms with Gasteiger partial charge in [0, 0.05) is 23.7 Å². The molecule has 1 aromatic heterocycles. The van der Waals surface area contributed by atoms with Gasteiger partial charge in [-0.2, -0.15) is 0 Å². The summed E-state index contributed by atoms with van der Waals surface area (Å²) in [6.07, 6.45) is 1.41. The van der Waals surface area contributed by atoms with Gasteiger partial charge in [0.15, 0.2) is 5.69 Å². The third kappa shape index (κ3) is 1.92. The Balaban J connectivity index is 2.67. The van der Waals surface area contributed by atoms with E-state index >= 15 is 0 Å². The van der Waals surface area contributed by atoms with Crippen LogP contribution in [0.4, 0.5) is 5.69 Å². The summed E-state index contributed by atoms with van der Waals surface area (Å²) in [5, 5.41) is 11.7. The lowest BCUT2D eigenvalue weighted by atomic mass is 10.1. The molecule has 0 saturated heterocycles. The number of nitro benzene ring substituents is 1. The van der Waals surface area contributed by atoms with E-state index in [0.717, 1.165) is 0 Å². The summed E-state index contributed by atoms with van der Waals surface area (Å²) in [7, 11) is 1.26. The third-order valence-corrected chi connectivity index (χ3v) is 2.34. The summed E-state index contributed by atoms with van der Waals surface area (Å²) < 4.78 is 4.59. The maximum absolute atomic E-state index is 11.4. The number of methoxy groups -OCH3 is 1. The van der Waals surface area contributed by atoms with E-state index in [4.69, 9.17) is 0 Å². The van der Waals surface area contributed by atoms with Crippen molar-refractivity contribution in [1.82, 2.24) is 4.98 Å². The lowest BCUT2D eigenvalue weighted by Crippen LogP contribution is -2.04. The summed E-state index contributed by atoms with van der Waals surface area (Å²) in [4.78, 5) is 25.5. The number of rotatable bonds is 2. The molecule has 2 aromatic rings. The summed E-state index contributed by atoms with van der Waals surface area (Å²) in [6.45, 7) is 0. The van der Waals surface area contributed by atoms with Crippen LogP contribution in [-0.2, 0) is 4.74 Å². The second kappa shape index (κ2) is 4.17. The van der Waals surface area contributed by atoms with Crippen LogP contribution in [0.2, 0.25) is 0 Å². The SMILES string of the molecule is COC(=O)c1nccc2cc([N+](=O)[O-])ccc12. The molecule has 1 aromatic carbocycles. The van der Waals surface area contributed by atoms with Crippen LogP contribution < -0.4 is 0 Å². The van der Waals surface area contributed by atoms with Crippen molar-refractivity contribution in [2.24, 2.45) is 0 Å². The Bertz CT molecular complexity index is 609. The number of carbonyl (C=O) groups is 1. The first kappa shape index (κ1) is 11.0. The normalized spacial score (nSPS) is 10.2. The van der Waals surface area contributed by atoms with Crippen molar-refractivity contribution in [2.75, 3.05) is 7.11 Å². The number of nitrogens with zero attached hydrogens (tertiary/aromatic N) is 2. The van der Waals surface area contributed by atoms with E-state index < -0.39 is 10.9 Å². The van der Waals surface area contributed by atoms with Gasteiger partial charge in [-0.05, 0) is 17.5 Å². The number of carbonyl (C=O) groups excluding carboxylic acids is 1. The van der Waals surface area contributed by atoms with Crippen LogP contribution in [-0.4, -0.2) is 23.0 Å². The molecule has 0 N–H and O–H groups in total. The lowest BCUT2D eigenvalue weighted by Gasteiger charge is -2.03. The Kier molecular flexibility index (Phi) is 2.70. The van der Waals surface area contributed by atoms with E-state index in [2.05, 4.69) is 9.72 Å². The quantitative estimate of drug-likeness (QED) is 0.448. The Morgan fingerprint density at radius 2 is 2.18 bits per heavy atom. The topological polar surface area (TPSA) is 82.3 Å². The van der Waals surface area contributed by atoms with Crippen LogP contribution in [0.25, 0.3) is 10.8 Å². The van der Waals surface area contributed by atoms with Gasteiger partial charge in [0.1, 0.15) is 0 Å². The molecule has 1 heterocycles. The van der Waals surface area contributed by atoms with Gasteiger partial charge in [-0.3, -0.25) is 10.1 Å². The minimum Gasteiger partial charge on any atom is -0.464 e. The monoisotopic (exact) mass is 232 g/mol. The van der Waals surface area contributed by atoms with Gasteiger partial charge in [0.2, 0.25) is 0 Å². The molecule has 2 rings (SSSR count). The first-order valence-electron chi connectivity index (χ1n) is 4.75. The highest BCUT2D eigenvalue weighted by molar-refractivity contribution is 6.02. The summed E-state index contributed by atoms with van der Waals surface area (Å²) >= 11 is 0. The molecule has 86 valence electrons. The molecule has 17 heavy (non-hydrogen) atoms. The zero-order chi connectivity index (χ0) is 12.4. The van der Waals surface area contributed by atoms with Crippen molar-refractivity contribution in [3.8, 4) is 0 Å². The molecule has 0 spiro atoms. The number of pyridine rings is 1. The largest absolute Gasteiger partial charge is 0.464 e. The average molecular weight is 232 g/mol. The highest BCUT2D eigenvalue weighted by Crippen LogP contribution is 2.22. The molecule has 6 nitrogen and oxygen atoms in total. The van der Waals surface area contributed by atoms with E-state index in [0.29, 0.717) is 10.8 Å². The lowest BCUT2D eigenvalue weighted by molar-refractivity contribution is -0.384. The van der Waals surface area contributed by atoms with Crippen molar-refractivity contribution in [3.63, 3.8) is 0 Å². The maximum atomic E-state index is 11.4. The predicted octanol–water partition coefficient (Wildman–Crippen LogP) is 1.93. The van der Waals surface area contributed by atoms with E-state index in [1.54, 1.807) is 6.07 Å². The van der Waals surface area contributed by atoms with E-state index in [1.807, 2.05) is 0 Å². The molecule has 6 heteroatoms. The molecular formula is C11H8N2O4. The van der Waals surface area contributed by atoms with Crippen molar-refractivity contribution < 1.29 is 14.5 Å². The number of benzene rings is 1. The van der Waals surface area contributed by atoms with Crippen LogP contribution >= 0.6 is 0 Å². The van der Waals surface area contributed by atoms with Crippen LogP contribution in [0.15, 0.2) is 30.5 Å². The van der Waals surface area contributed by atoms with Gasteiger partial charge >= 0.3 is 5.97 Å². The highest BCUT2D eigenvalue weighted by atomic mass is 16.6. The molecule has 0 bridgehead atoms. The second-order valence-electron chi connectivity index (χ2n) is 3.31. The van der Waals surface area contributed by atoms with Crippen molar-refractivity contribution >= 4 is 22.4 Å². The average Bonchev–Trinajstić information content (AvgIpc) is 2.36. The van der Waals surface area contributed by atoms with Crippen molar-refractivity contribution in [1.29, 1.82) is 0 Å². The number of aromatic nitrogens is 1. The Labute approximate surface area is 96.0 Å². The van der Waals surface area contributed by atoms with Crippen molar-refractivity contribution in [3.05, 3.63) is 46.3 Å². The van der Waals surface area contributed by atoms with Gasteiger partial charge < -0.3 is 4.74 Å². The predicted molar refractivity (Wildman–Crippen MR) is 59.7 cm³/mol.